The van der Waals surface area contributed by atoms with Gasteiger partial charge >= 0.3 is 0 Å². The third-order valence-electron chi connectivity index (χ3n) is 3.65. The Balaban J connectivity index is 2.09. The molecule has 108 valence electrons. The molecular weight excluding hydrogens is 250 g/mol. The maximum Gasteiger partial charge on any atom is 0.138 e. The highest BCUT2D eigenvalue weighted by Crippen LogP contribution is 2.25. The van der Waals surface area contributed by atoms with Crippen molar-refractivity contribution in [2.75, 3.05) is 0 Å². The number of aromatic nitrogens is 3. The van der Waals surface area contributed by atoms with E-state index in [4.69, 9.17) is 0 Å². The summed E-state index contributed by atoms with van der Waals surface area (Å²) in [5.74, 6) is 1.01. The van der Waals surface area contributed by atoms with Crippen LogP contribution in [0.2, 0.25) is 0 Å². The van der Waals surface area contributed by atoms with E-state index in [0.29, 0.717) is 6.42 Å². The fourth-order valence-electron chi connectivity index (χ4n) is 2.60. The van der Waals surface area contributed by atoms with Gasteiger partial charge in [-0.2, -0.15) is 5.10 Å². The second kappa shape index (κ2) is 7.20. The third-order valence-corrected chi connectivity index (χ3v) is 3.65. The predicted molar refractivity (Wildman–Crippen MR) is 79.5 cm³/mol. The smallest absolute Gasteiger partial charge is 0.138 e. The van der Waals surface area contributed by atoms with Gasteiger partial charge in [0.25, 0.3) is 0 Å². The van der Waals surface area contributed by atoms with Gasteiger partial charge in [0.2, 0.25) is 0 Å². The normalized spacial score (nSPS) is 14.2. The largest absolute Gasteiger partial charge is 0.392 e. The van der Waals surface area contributed by atoms with Crippen LogP contribution in [0.4, 0.5) is 0 Å². The molecule has 1 heterocycles. The van der Waals surface area contributed by atoms with E-state index in [1.807, 2.05) is 22.9 Å². The molecule has 0 bridgehead atoms. The lowest BCUT2D eigenvalue weighted by atomic mass is 9.89. The molecule has 0 saturated heterocycles. The average molecular weight is 273 g/mol. The molecule has 0 spiro atoms. The Hall–Kier alpha value is -1.68. The van der Waals surface area contributed by atoms with Gasteiger partial charge in [-0.15, -0.1) is 0 Å². The molecule has 0 aliphatic heterocycles. The molecule has 0 aliphatic carbocycles. The minimum atomic E-state index is -0.429. The summed E-state index contributed by atoms with van der Waals surface area (Å²) in [6, 6.07) is 10.2. The van der Waals surface area contributed by atoms with Crippen LogP contribution >= 0.6 is 0 Å². The molecule has 4 heteroatoms. The van der Waals surface area contributed by atoms with E-state index in [1.54, 1.807) is 6.33 Å². The highest BCUT2D eigenvalue weighted by atomic mass is 16.3. The molecule has 20 heavy (non-hydrogen) atoms. The Morgan fingerprint density at radius 1 is 1.20 bits per heavy atom. The van der Waals surface area contributed by atoms with Gasteiger partial charge in [-0.25, -0.2) is 4.98 Å². The lowest BCUT2D eigenvalue weighted by Crippen LogP contribution is -2.23. The summed E-state index contributed by atoms with van der Waals surface area (Å²) in [7, 11) is 0. The highest BCUT2D eigenvalue weighted by Gasteiger charge is 2.21. The molecule has 1 N–H and O–H groups in total. The van der Waals surface area contributed by atoms with E-state index < -0.39 is 6.10 Å². The molecule has 2 rings (SSSR count). The Morgan fingerprint density at radius 3 is 2.60 bits per heavy atom. The number of aliphatic hydroxyl groups excluding tert-OH is 1. The van der Waals surface area contributed by atoms with Crippen molar-refractivity contribution in [1.82, 2.24) is 14.8 Å². The lowest BCUT2D eigenvalue weighted by molar-refractivity contribution is 0.137. The Bertz CT molecular complexity index is 509. The number of aryl methyl sites for hydroxylation is 1. The second-order valence-corrected chi connectivity index (χ2v) is 5.10. The Kier molecular flexibility index (Phi) is 5.30. The number of nitrogens with zero attached hydrogens (tertiary/aromatic N) is 3. The van der Waals surface area contributed by atoms with Crippen LogP contribution in [-0.2, 0) is 13.0 Å². The van der Waals surface area contributed by atoms with Gasteiger partial charge in [-0.3, -0.25) is 4.68 Å². The van der Waals surface area contributed by atoms with E-state index in [0.717, 1.165) is 25.2 Å². The Labute approximate surface area is 120 Å². The summed E-state index contributed by atoms with van der Waals surface area (Å²) in [5.41, 5.74) is 1.18. The van der Waals surface area contributed by atoms with Gasteiger partial charge in [0.05, 0.1) is 6.10 Å². The SMILES string of the molecule is CCCn1ncnc1CC(O)C(CC)c1ccccc1. The number of aliphatic hydroxyl groups is 1. The lowest BCUT2D eigenvalue weighted by Gasteiger charge is -2.22. The van der Waals surface area contributed by atoms with E-state index in [2.05, 4.69) is 36.1 Å². The van der Waals surface area contributed by atoms with E-state index in [-0.39, 0.29) is 5.92 Å². The topological polar surface area (TPSA) is 50.9 Å². The standard InChI is InChI=1S/C16H23N3O/c1-3-10-19-16(17-12-18-19)11-15(20)14(4-2)13-8-6-5-7-9-13/h5-9,12,14-15,20H,3-4,10-11H2,1-2H3. The van der Waals surface area contributed by atoms with E-state index >= 15 is 0 Å². The second-order valence-electron chi connectivity index (χ2n) is 5.10. The zero-order valence-corrected chi connectivity index (χ0v) is 12.2. The van der Waals surface area contributed by atoms with Gasteiger partial charge in [-0.05, 0) is 18.4 Å². The van der Waals surface area contributed by atoms with E-state index in [9.17, 15) is 5.11 Å². The van der Waals surface area contributed by atoms with Crippen molar-refractivity contribution < 1.29 is 5.11 Å². The molecule has 1 aromatic carbocycles. The van der Waals surface area contributed by atoms with Gasteiger partial charge < -0.3 is 5.11 Å². The van der Waals surface area contributed by atoms with Crippen molar-refractivity contribution in [3.8, 4) is 0 Å². The summed E-state index contributed by atoms with van der Waals surface area (Å²) < 4.78 is 1.89. The van der Waals surface area contributed by atoms with Crippen molar-refractivity contribution in [3.05, 3.63) is 48.0 Å². The number of hydrogen-bond acceptors (Lipinski definition) is 3. The molecule has 0 amide bonds. The zero-order valence-electron chi connectivity index (χ0n) is 12.2. The first kappa shape index (κ1) is 14.7. The van der Waals surface area contributed by atoms with Crippen molar-refractivity contribution in [2.45, 2.75) is 51.7 Å². The van der Waals surface area contributed by atoms with Crippen LogP contribution in [0.25, 0.3) is 0 Å². The predicted octanol–water partition coefficient (Wildman–Crippen LogP) is 2.79. The van der Waals surface area contributed by atoms with Gasteiger partial charge in [0, 0.05) is 18.9 Å². The minimum Gasteiger partial charge on any atom is -0.392 e. The van der Waals surface area contributed by atoms with Crippen molar-refractivity contribution in [2.24, 2.45) is 0 Å². The van der Waals surface area contributed by atoms with Crippen molar-refractivity contribution >= 4 is 0 Å². The van der Waals surface area contributed by atoms with Gasteiger partial charge in [0.1, 0.15) is 12.2 Å². The van der Waals surface area contributed by atoms with Crippen molar-refractivity contribution in [3.63, 3.8) is 0 Å². The van der Waals surface area contributed by atoms with Crippen LogP contribution in [0.5, 0.6) is 0 Å². The molecule has 1 aromatic heterocycles. The van der Waals surface area contributed by atoms with Gasteiger partial charge in [0.15, 0.2) is 0 Å². The fraction of sp³-hybridized carbons (Fsp3) is 0.500. The molecule has 2 aromatic rings. The number of rotatable bonds is 7. The average Bonchev–Trinajstić information content (AvgIpc) is 2.88. The van der Waals surface area contributed by atoms with Crippen LogP contribution in [0, 0.1) is 0 Å². The highest BCUT2D eigenvalue weighted by molar-refractivity contribution is 5.21. The quantitative estimate of drug-likeness (QED) is 0.844. The van der Waals surface area contributed by atoms with Crippen molar-refractivity contribution in [1.29, 1.82) is 0 Å². The summed E-state index contributed by atoms with van der Waals surface area (Å²) in [5, 5.41) is 14.8. The molecule has 0 saturated carbocycles. The minimum absolute atomic E-state index is 0.142. The van der Waals surface area contributed by atoms with Crippen LogP contribution in [0.15, 0.2) is 36.7 Å². The fourth-order valence-corrected chi connectivity index (χ4v) is 2.60. The maximum atomic E-state index is 10.5. The zero-order chi connectivity index (χ0) is 14.4. The summed E-state index contributed by atoms with van der Waals surface area (Å²) >= 11 is 0. The first-order chi connectivity index (χ1) is 9.76. The molecule has 2 atom stereocenters. The molecule has 2 unspecified atom stereocenters. The van der Waals surface area contributed by atoms with Gasteiger partial charge in [-0.1, -0.05) is 44.2 Å². The first-order valence-electron chi connectivity index (χ1n) is 7.35. The monoisotopic (exact) mass is 273 g/mol. The van der Waals surface area contributed by atoms with Crippen LogP contribution in [-0.4, -0.2) is 26.0 Å². The number of hydrogen-bond donors (Lipinski definition) is 1. The van der Waals surface area contributed by atoms with Crippen LogP contribution in [0.3, 0.4) is 0 Å². The summed E-state index contributed by atoms with van der Waals surface area (Å²) in [6.07, 6.45) is 3.62. The summed E-state index contributed by atoms with van der Waals surface area (Å²) in [4.78, 5) is 4.28. The van der Waals surface area contributed by atoms with Crippen LogP contribution < -0.4 is 0 Å². The molecule has 4 nitrogen and oxygen atoms in total. The van der Waals surface area contributed by atoms with Crippen LogP contribution in [0.1, 0.15) is 44.0 Å². The molecule has 0 fully saturated rings. The Morgan fingerprint density at radius 2 is 1.95 bits per heavy atom. The molecule has 0 aliphatic rings. The van der Waals surface area contributed by atoms with E-state index in [1.165, 1.54) is 5.56 Å². The maximum absolute atomic E-state index is 10.5. The molecule has 0 radical (unpaired) electrons. The molecular formula is C16H23N3O. The first-order valence-corrected chi connectivity index (χ1v) is 7.35. The number of benzene rings is 1. The third kappa shape index (κ3) is 3.45. The summed E-state index contributed by atoms with van der Waals surface area (Å²) in [6.45, 7) is 5.07.